The lowest BCUT2D eigenvalue weighted by Crippen LogP contribution is -2.34. The highest BCUT2D eigenvalue weighted by molar-refractivity contribution is 6.31. The van der Waals surface area contributed by atoms with Gasteiger partial charge in [0.25, 0.3) is 0 Å². The Morgan fingerprint density at radius 1 is 1.03 bits per heavy atom. The maximum atomic E-state index is 12.9. The highest BCUT2D eigenvalue weighted by atomic mass is 35.5. The molecular weight excluding hydrogens is 386 g/mol. The van der Waals surface area contributed by atoms with Crippen molar-refractivity contribution < 1.29 is 10.0 Å². The summed E-state index contributed by atoms with van der Waals surface area (Å²) < 4.78 is 0. The summed E-state index contributed by atoms with van der Waals surface area (Å²) in [7, 11) is 0. The number of Topliss-reactive ketones (excluding diaryl/α,β-unsaturated/α-hetero) is 1. The number of carbonyl (C=O) groups is 1. The predicted octanol–water partition coefficient (Wildman–Crippen LogP) is 4.67. The second-order valence-corrected chi connectivity index (χ2v) is 7.09. The SMILES string of the molecule is O=C(CN1CC(=NO)N=C(c2ccccc2)c2ccccc21)c1cccc(Cl)c1. The van der Waals surface area contributed by atoms with Gasteiger partial charge in [0.2, 0.25) is 0 Å². The van der Waals surface area contributed by atoms with E-state index in [0.717, 1.165) is 16.8 Å². The number of aliphatic imine (C=N–C) groups is 1. The number of halogens is 1. The van der Waals surface area contributed by atoms with Crippen LogP contribution in [0.25, 0.3) is 0 Å². The van der Waals surface area contributed by atoms with Crippen molar-refractivity contribution in [2.75, 3.05) is 18.0 Å². The molecule has 0 amide bonds. The number of benzene rings is 3. The van der Waals surface area contributed by atoms with Crippen LogP contribution < -0.4 is 4.90 Å². The molecule has 0 bridgehead atoms. The molecule has 6 heteroatoms. The van der Waals surface area contributed by atoms with Crippen molar-refractivity contribution in [2.24, 2.45) is 10.1 Å². The van der Waals surface area contributed by atoms with E-state index in [1.54, 1.807) is 24.3 Å². The predicted molar refractivity (Wildman–Crippen MR) is 116 cm³/mol. The Labute approximate surface area is 173 Å². The van der Waals surface area contributed by atoms with Crippen molar-refractivity contribution in [3.63, 3.8) is 0 Å². The molecule has 1 N–H and O–H groups in total. The number of nitrogens with zero attached hydrogens (tertiary/aromatic N) is 3. The molecule has 0 spiro atoms. The van der Waals surface area contributed by atoms with Gasteiger partial charge in [0.05, 0.1) is 18.8 Å². The van der Waals surface area contributed by atoms with Gasteiger partial charge in [-0.25, -0.2) is 4.99 Å². The second-order valence-electron chi connectivity index (χ2n) is 6.65. The number of hydrogen-bond donors (Lipinski definition) is 1. The molecule has 1 heterocycles. The number of fused-ring (bicyclic) bond motifs is 1. The first kappa shape index (κ1) is 18.9. The maximum Gasteiger partial charge on any atom is 0.187 e. The number of ketones is 1. The van der Waals surface area contributed by atoms with Crippen LogP contribution >= 0.6 is 11.6 Å². The number of hydrogen-bond acceptors (Lipinski definition) is 4. The fraction of sp³-hybridized carbons (Fsp3) is 0.0870. The third kappa shape index (κ3) is 4.05. The van der Waals surface area contributed by atoms with E-state index < -0.39 is 0 Å². The van der Waals surface area contributed by atoms with E-state index >= 15 is 0 Å². The minimum Gasteiger partial charge on any atom is -0.409 e. The number of amidine groups is 1. The smallest absolute Gasteiger partial charge is 0.187 e. The number of para-hydroxylation sites is 1. The van der Waals surface area contributed by atoms with Crippen LogP contribution in [0.1, 0.15) is 21.5 Å². The first-order chi connectivity index (χ1) is 14.2. The third-order valence-electron chi connectivity index (χ3n) is 4.72. The molecule has 1 aliphatic heterocycles. The molecule has 0 unspecified atom stereocenters. The van der Waals surface area contributed by atoms with Crippen LogP contribution in [-0.2, 0) is 0 Å². The highest BCUT2D eigenvalue weighted by Gasteiger charge is 2.24. The Bertz CT molecular complexity index is 1110. The fourth-order valence-corrected chi connectivity index (χ4v) is 3.56. The van der Waals surface area contributed by atoms with E-state index in [4.69, 9.17) is 11.6 Å². The average molecular weight is 404 g/mol. The van der Waals surface area contributed by atoms with Crippen molar-refractivity contribution in [3.05, 3.63) is 101 Å². The largest absolute Gasteiger partial charge is 0.409 e. The average Bonchev–Trinajstić information content (AvgIpc) is 2.91. The van der Waals surface area contributed by atoms with Crippen LogP contribution in [0.3, 0.4) is 0 Å². The maximum absolute atomic E-state index is 12.9. The number of oxime groups is 1. The second kappa shape index (κ2) is 8.29. The first-order valence-corrected chi connectivity index (χ1v) is 9.51. The molecule has 0 fully saturated rings. The van der Waals surface area contributed by atoms with Gasteiger partial charge >= 0.3 is 0 Å². The molecule has 0 saturated heterocycles. The van der Waals surface area contributed by atoms with E-state index in [-0.39, 0.29) is 24.7 Å². The summed E-state index contributed by atoms with van der Waals surface area (Å²) in [5, 5.41) is 13.4. The van der Waals surface area contributed by atoms with E-state index in [0.29, 0.717) is 16.3 Å². The summed E-state index contributed by atoms with van der Waals surface area (Å²) in [5.74, 6) is 0.154. The summed E-state index contributed by atoms with van der Waals surface area (Å²) in [6, 6.07) is 24.3. The van der Waals surface area contributed by atoms with Gasteiger partial charge < -0.3 is 10.1 Å². The molecule has 0 atom stereocenters. The molecule has 0 radical (unpaired) electrons. The van der Waals surface area contributed by atoms with Crippen LogP contribution in [0.15, 0.2) is 89.0 Å². The molecule has 0 aliphatic carbocycles. The quantitative estimate of drug-likeness (QED) is 0.391. The minimum atomic E-state index is -0.0808. The minimum absolute atomic E-state index is 0.0808. The fourth-order valence-electron chi connectivity index (χ4n) is 3.37. The highest BCUT2D eigenvalue weighted by Crippen LogP contribution is 2.27. The molecule has 0 aromatic heterocycles. The van der Waals surface area contributed by atoms with E-state index in [2.05, 4.69) is 10.1 Å². The van der Waals surface area contributed by atoms with E-state index in [9.17, 15) is 10.0 Å². The molecule has 4 rings (SSSR count). The summed E-state index contributed by atoms with van der Waals surface area (Å²) in [5.41, 5.74) is 3.86. The van der Waals surface area contributed by atoms with Gasteiger partial charge in [-0.05, 0) is 18.2 Å². The lowest BCUT2D eigenvalue weighted by atomic mass is 10.00. The molecule has 3 aromatic rings. The molecule has 144 valence electrons. The summed E-state index contributed by atoms with van der Waals surface area (Å²) >= 11 is 6.04. The molecular formula is C23H18ClN3O2. The molecule has 3 aromatic carbocycles. The van der Waals surface area contributed by atoms with Crippen molar-refractivity contribution >= 4 is 34.6 Å². The van der Waals surface area contributed by atoms with Crippen LogP contribution in [0.2, 0.25) is 5.02 Å². The van der Waals surface area contributed by atoms with Gasteiger partial charge in [0.1, 0.15) is 0 Å². The Morgan fingerprint density at radius 3 is 2.55 bits per heavy atom. The molecule has 1 aliphatic rings. The van der Waals surface area contributed by atoms with E-state index in [1.165, 1.54) is 0 Å². The Kier molecular flexibility index (Phi) is 5.40. The first-order valence-electron chi connectivity index (χ1n) is 9.14. The monoisotopic (exact) mass is 403 g/mol. The van der Waals surface area contributed by atoms with Crippen LogP contribution in [-0.4, -0.2) is 35.6 Å². The van der Waals surface area contributed by atoms with Crippen molar-refractivity contribution in [3.8, 4) is 0 Å². The Hall–Kier alpha value is -3.44. The summed E-state index contributed by atoms with van der Waals surface area (Å²) in [6.45, 7) is 0.310. The zero-order chi connectivity index (χ0) is 20.2. The van der Waals surface area contributed by atoms with Gasteiger partial charge in [0.15, 0.2) is 11.6 Å². The van der Waals surface area contributed by atoms with Crippen molar-refractivity contribution in [1.82, 2.24) is 0 Å². The van der Waals surface area contributed by atoms with Crippen LogP contribution in [0.5, 0.6) is 0 Å². The van der Waals surface area contributed by atoms with Crippen LogP contribution in [0, 0.1) is 0 Å². The topological polar surface area (TPSA) is 65.3 Å². The lowest BCUT2D eigenvalue weighted by molar-refractivity contribution is 0.0999. The number of benzodiazepines with no additional fused rings is 1. The Balaban J connectivity index is 1.75. The normalized spacial score (nSPS) is 14.9. The number of carbonyl (C=O) groups excluding carboxylic acids is 1. The number of rotatable bonds is 4. The zero-order valence-electron chi connectivity index (χ0n) is 15.5. The zero-order valence-corrected chi connectivity index (χ0v) is 16.3. The van der Waals surface area contributed by atoms with Gasteiger partial charge in [-0.2, -0.15) is 0 Å². The van der Waals surface area contributed by atoms with Gasteiger partial charge in [-0.15, -0.1) is 0 Å². The molecule has 5 nitrogen and oxygen atoms in total. The molecule has 29 heavy (non-hydrogen) atoms. The van der Waals surface area contributed by atoms with E-state index in [1.807, 2.05) is 59.5 Å². The van der Waals surface area contributed by atoms with Gasteiger partial charge in [-0.3, -0.25) is 4.79 Å². The van der Waals surface area contributed by atoms with Gasteiger partial charge in [-0.1, -0.05) is 77.4 Å². The summed E-state index contributed by atoms with van der Waals surface area (Å²) in [6.07, 6.45) is 0. The van der Waals surface area contributed by atoms with Gasteiger partial charge in [0, 0.05) is 27.4 Å². The summed E-state index contributed by atoms with van der Waals surface area (Å²) in [4.78, 5) is 19.4. The standard InChI is InChI=1S/C23H18ClN3O2/c24-18-10-6-9-17(13-18)21(28)14-27-15-22(26-29)25-23(16-7-2-1-3-8-16)19-11-4-5-12-20(19)27/h1-13,29H,14-15H2. The van der Waals surface area contributed by atoms with Crippen molar-refractivity contribution in [2.45, 2.75) is 0 Å². The van der Waals surface area contributed by atoms with Crippen molar-refractivity contribution in [1.29, 1.82) is 0 Å². The van der Waals surface area contributed by atoms with Crippen LogP contribution in [0.4, 0.5) is 5.69 Å². The Morgan fingerprint density at radius 2 is 1.79 bits per heavy atom. The number of anilines is 1. The lowest BCUT2D eigenvalue weighted by Gasteiger charge is -2.24. The molecule has 0 saturated carbocycles. The third-order valence-corrected chi connectivity index (χ3v) is 4.95.